The minimum absolute atomic E-state index is 0.735. The molecular formula is C18H29ClN4S. The molecule has 2 rings (SSSR count). The molecule has 1 aromatic rings. The monoisotopic (exact) mass is 368 g/mol. The van der Waals surface area contributed by atoms with Gasteiger partial charge < -0.3 is 15.5 Å². The smallest absolute Gasteiger partial charge is 0.191 e. The van der Waals surface area contributed by atoms with Crippen LogP contribution >= 0.6 is 23.4 Å². The number of halogens is 1. The minimum atomic E-state index is 0.735. The molecule has 0 amide bonds. The van der Waals surface area contributed by atoms with Crippen molar-refractivity contribution in [3.8, 4) is 0 Å². The van der Waals surface area contributed by atoms with Crippen molar-refractivity contribution in [3.63, 3.8) is 0 Å². The summed E-state index contributed by atoms with van der Waals surface area (Å²) in [6.45, 7) is 7.82. The lowest BCUT2D eigenvalue weighted by Gasteiger charge is -2.17. The molecule has 0 bridgehead atoms. The second-order valence-corrected chi connectivity index (χ2v) is 7.74. The minimum Gasteiger partial charge on any atom is -0.356 e. The molecule has 1 aliphatic rings. The SMILES string of the molecule is CCCN1CCC(CNC(=NC)NCCSc2ccc(Cl)cc2)C1. The van der Waals surface area contributed by atoms with Crippen molar-refractivity contribution in [2.45, 2.75) is 24.7 Å². The van der Waals surface area contributed by atoms with E-state index in [1.54, 1.807) is 0 Å². The maximum absolute atomic E-state index is 5.90. The third kappa shape index (κ3) is 6.91. The Bertz CT molecular complexity index is 506. The van der Waals surface area contributed by atoms with Gasteiger partial charge in [0, 0.05) is 42.4 Å². The average molecular weight is 369 g/mol. The maximum Gasteiger partial charge on any atom is 0.191 e. The summed E-state index contributed by atoms with van der Waals surface area (Å²) in [5.74, 6) is 2.63. The molecule has 1 unspecified atom stereocenters. The van der Waals surface area contributed by atoms with E-state index in [9.17, 15) is 0 Å². The Kier molecular flexibility index (Phi) is 8.78. The number of nitrogens with one attached hydrogen (secondary N) is 2. The lowest BCUT2D eigenvalue weighted by atomic mass is 10.1. The van der Waals surface area contributed by atoms with Gasteiger partial charge in [0.15, 0.2) is 5.96 Å². The van der Waals surface area contributed by atoms with E-state index in [-0.39, 0.29) is 0 Å². The Morgan fingerprint density at radius 2 is 2.12 bits per heavy atom. The summed E-state index contributed by atoms with van der Waals surface area (Å²) >= 11 is 7.72. The van der Waals surface area contributed by atoms with Gasteiger partial charge in [-0.1, -0.05) is 18.5 Å². The maximum atomic E-state index is 5.90. The molecule has 1 aromatic carbocycles. The first-order chi connectivity index (χ1) is 11.7. The van der Waals surface area contributed by atoms with Crippen molar-refractivity contribution in [3.05, 3.63) is 29.3 Å². The molecule has 0 radical (unpaired) electrons. The second-order valence-electron chi connectivity index (χ2n) is 6.14. The van der Waals surface area contributed by atoms with E-state index in [2.05, 4.69) is 39.6 Å². The highest BCUT2D eigenvalue weighted by molar-refractivity contribution is 7.99. The van der Waals surface area contributed by atoms with Crippen LogP contribution in [-0.2, 0) is 0 Å². The van der Waals surface area contributed by atoms with Gasteiger partial charge in [-0.2, -0.15) is 0 Å². The quantitative estimate of drug-likeness (QED) is 0.319. The zero-order chi connectivity index (χ0) is 17.2. The van der Waals surface area contributed by atoms with E-state index in [1.165, 1.54) is 37.4 Å². The van der Waals surface area contributed by atoms with E-state index >= 15 is 0 Å². The molecule has 1 saturated heterocycles. The molecule has 4 nitrogen and oxygen atoms in total. The third-order valence-electron chi connectivity index (χ3n) is 4.17. The van der Waals surface area contributed by atoms with Gasteiger partial charge in [-0.25, -0.2) is 0 Å². The topological polar surface area (TPSA) is 39.7 Å². The number of hydrogen-bond donors (Lipinski definition) is 2. The first-order valence-electron chi connectivity index (χ1n) is 8.76. The van der Waals surface area contributed by atoms with E-state index < -0.39 is 0 Å². The molecule has 2 N–H and O–H groups in total. The Balaban J connectivity index is 1.60. The highest BCUT2D eigenvalue weighted by atomic mass is 35.5. The van der Waals surface area contributed by atoms with Gasteiger partial charge in [0.2, 0.25) is 0 Å². The van der Waals surface area contributed by atoms with Crippen LogP contribution in [0.15, 0.2) is 34.2 Å². The van der Waals surface area contributed by atoms with Crippen LogP contribution in [0.25, 0.3) is 0 Å². The van der Waals surface area contributed by atoms with Gasteiger partial charge in [-0.15, -0.1) is 11.8 Å². The summed E-state index contributed by atoms with van der Waals surface area (Å²) in [5.41, 5.74) is 0. The number of nitrogens with zero attached hydrogens (tertiary/aromatic N) is 2. The van der Waals surface area contributed by atoms with Crippen LogP contribution in [0.4, 0.5) is 0 Å². The number of benzene rings is 1. The van der Waals surface area contributed by atoms with Crippen molar-refractivity contribution in [2.24, 2.45) is 10.9 Å². The predicted molar refractivity (Wildman–Crippen MR) is 106 cm³/mol. The van der Waals surface area contributed by atoms with E-state index in [0.717, 1.165) is 35.7 Å². The van der Waals surface area contributed by atoms with Gasteiger partial charge in [-0.05, 0) is 56.1 Å². The lowest BCUT2D eigenvalue weighted by molar-refractivity contribution is 0.324. The summed E-state index contributed by atoms with van der Waals surface area (Å²) in [5, 5.41) is 7.64. The summed E-state index contributed by atoms with van der Waals surface area (Å²) in [7, 11) is 1.83. The van der Waals surface area contributed by atoms with Crippen LogP contribution < -0.4 is 10.6 Å². The van der Waals surface area contributed by atoms with Crippen molar-refractivity contribution in [1.82, 2.24) is 15.5 Å². The van der Waals surface area contributed by atoms with Crippen LogP contribution in [-0.4, -0.2) is 56.4 Å². The highest BCUT2D eigenvalue weighted by Crippen LogP contribution is 2.19. The van der Waals surface area contributed by atoms with Crippen molar-refractivity contribution >= 4 is 29.3 Å². The summed E-state index contributed by atoms with van der Waals surface area (Å²) < 4.78 is 0. The lowest BCUT2D eigenvalue weighted by Crippen LogP contribution is -2.41. The zero-order valence-electron chi connectivity index (χ0n) is 14.7. The van der Waals surface area contributed by atoms with E-state index in [0.29, 0.717) is 0 Å². The molecule has 1 aliphatic heterocycles. The first kappa shape index (κ1) is 19.4. The molecule has 0 aromatic heterocycles. The van der Waals surface area contributed by atoms with Crippen LogP contribution in [0, 0.1) is 5.92 Å². The molecule has 1 fully saturated rings. The number of rotatable bonds is 8. The molecule has 1 atom stereocenters. The number of aliphatic imine (C=N–C) groups is 1. The fourth-order valence-corrected chi connectivity index (χ4v) is 3.82. The number of guanidine groups is 1. The van der Waals surface area contributed by atoms with Crippen molar-refractivity contribution in [2.75, 3.05) is 45.5 Å². The summed E-state index contributed by atoms with van der Waals surface area (Å²) in [4.78, 5) is 8.12. The van der Waals surface area contributed by atoms with Crippen LogP contribution in [0.1, 0.15) is 19.8 Å². The predicted octanol–water partition coefficient (Wildman–Crippen LogP) is 3.33. The number of hydrogen-bond acceptors (Lipinski definition) is 3. The van der Waals surface area contributed by atoms with Crippen LogP contribution in [0.3, 0.4) is 0 Å². The fourth-order valence-electron chi connectivity index (χ4n) is 2.93. The van der Waals surface area contributed by atoms with Gasteiger partial charge in [0.05, 0.1) is 0 Å². The average Bonchev–Trinajstić information content (AvgIpc) is 3.04. The number of likely N-dealkylation sites (tertiary alicyclic amines) is 1. The second kappa shape index (κ2) is 10.9. The normalized spacial score (nSPS) is 18.8. The number of thioether (sulfide) groups is 1. The first-order valence-corrected chi connectivity index (χ1v) is 10.1. The van der Waals surface area contributed by atoms with Gasteiger partial charge in [0.25, 0.3) is 0 Å². The van der Waals surface area contributed by atoms with Crippen LogP contribution in [0.2, 0.25) is 5.02 Å². The summed E-state index contributed by atoms with van der Waals surface area (Å²) in [6, 6.07) is 7.98. The molecule has 0 aliphatic carbocycles. The Morgan fingerprint density at radius 3 is 2.83 bits per heavy atom. The largest absolute Gasteiger partial charge is 0.356 e. The molecule has 134 valence electrons. The highest BCUT2D eigenvalue weighted by Gasteiger charge is 2.21. The fraction of sp³-hybridized carbons (Fsp3) is 0.611. The Labute approximate surface area is 155 Å². The van der Waals surface area contributed by atoms with Crippen molar-refractivity contribution in [1.29, 1.82) is 0 Å². The van der Waals surface area contributed by atoms with Crippen molar-refractivity contribution < 1.29 is 0 Å². The molecule has 1 heterocycles. The molecular weight excluding hydrogens is 340 g/mol. The van der Waals surface area contributed by atoms with Gasteiger partial charge >= 0.3 is 0 Å². The summed E-state index contributed by atoms with van der Waals surface area (Å²) in [6.07, 6.45) is 2.53. The third-order valence-corrected chi connectivity index (χ3v) is 5.43. The molecule has 0 spiro atoms. The standard InChI is InChI=1S/C18H29ClN4S/c1-3-10-23-11-8-15(14-23)13-22-18(20-2)21-9-12-24-17-6-4-16(19)5-7-17/h4-7,15H,3,8-14H2,1-2H3,(H2,20,21,22). The van der Waals surface area contributed by atoms with Gasteiger partial charge in [-0.3, -0.25) is 4.99 Å². The van der Waals surface area contributed by atoms with E-state index in [4.69, 9.17) is 11.6 Å². The Morgan fingerprint density at radius 1 is 1.33 bits per heavy atom. The molecule has 24 heavy (non-hydrogen) atoms. The molecule has 0 saturated carbocycles. The zero-order valence-corrected chi connectivity index (χ0v) is 16.3. The molecule has 6 heteroatoms. The van der Waals surface area contributed by atoms with E-state index in [1.807, 2.05) is 30.9 Å². The van der Waals surface area contributed by atoms with Crippen LogP contribution in [0.5, 0.6) is 0 Å². The van der Waals surface area contributed by atoms with Gasteiger partial charge in [0.1, 0.15) is 0 Å². The Hall–Kier alpha value is -0.910.